The van der Waals surface area contributed by atoms with Crippen molar-refractivity contribution in [2.45, 2.75) is 13.8 Å². The maximum absolute atomic E-state index is 5.21. The van der Waals surface area contributed by atoms with Crippen molar-refractivity contribution in [2.24, 2.45) is 0 Å². The highest BCUT2D eigenvalue weighted by Gasteiger charge is 2.19. The summed E-state index contributed by atoms with van der Waals surface area (Å²) in [5, 5.41) is 0. The first-order chi connectivity index (χ1) is 33.5. The van der Waals surface area contributed by atoms with Crippen molar-refractivity contribution in [3.8, 4) is 113 Å². The predicted molar refractivity (Wildman–Crippen MR) is 270 cm³/mol. The second-order valence-electron chi connectivity index (χ2n) is 16.4. The lowest BCUT2D eigenvalue weighted by molar-refractivity contribution is 1.06. The van der Waals surface area contributed by atoms with Gasteiger partial charge in [-0.2, -0.15) is 0 Å². The van der Waals surface area contributed by atoms with Gasteiger partial charge in [0.25, 0.3) is 0 Å². The normalized spacial score (nSPS) is 11.1. The van der Waals surface area contributed by atoms with E-state index in [0.29, 0.717) is 40.8 Å². The second-order valence-corrected chi connectivity index (χ2v) is 16.4. The average Bonchev–Trinajstić information content (AvgIpc) is 3.41. The maximum atomic E-state index is 5.21. The molecule has 0 atom stereocenters. The number of aromatic nitrogens is 9. The fourth-order valence-corrected chi connectivity index (χ4v) is 8.41. The Balaban J connectivity index is 1.07. The summed E-state index contributed by atoms with van der Waals surface area (Å²) in [5.74, 6) is 4.14. The summed E-state index contributed by atoms with van der Waals surface area (Å²) in [6.07, 6.45) is 3.64. The van der Waals surface area contributed by atoms with Gasteiger partial charge in [0.05, 0.1) is 0 Å². The van der Waals surface area contributed by atoms with Crippen LogP contribution < -0.4 is 0 Å². The molecule has 322 valence electrons. The molecule has 0 radical (unpaired) electrons. The molecule has 4 heterocycles. The fraction of sp³-hybridized carbons (Fsp3) is 0.0339. The number of benzene rings is 7. The molecule has 11 aromatic rings. The monoisotopic (exact) mass is 875 g/mol. The molecular formula is C59H41N9. The van der Waals surface area contributed by atoms with Crippen LogP contribution in [-0.2, 0) is 0 Å². The van der Waals surface area contributed by atoms with E-state index in [4.69, 9.17) is 39.9 Å². The van der Waals surface area contributed by atoms with Crippen molar-refractivity contribution >= 4 is 0 Å². The van der Waals surface area contributed by atoms with Crippen LogP contribution in [0, 0.1) is 13.8 Å². The minimum atomic E-state index is 0.548. The fourth-order valence-electron chi connectivity index (χ4n) is 8.41. The summed E-state index contributed by atoms with van der Waals surface area (Å²) in [4.78, 5) is 44.6. The molecule has 4 aromatic heterocycles. The second kappa shape index (κ2) is 18.3. The maximum Gasteiger partial charge on any atom is 0.164 e. The lowest BCUT2D eigenvalue weighted by Gasteiger charge is -2.15. The van der Waals surface area contributed by atoms with Gasteiger partial charge in [-0.25, -0.2) is 39.9 Å². The molecule has 0 aliphatic carbocycles. The smallest absolute Gasteiger partial charge is 0.164 e. The van der Waals surface area contributed by atoms with E-state index in [-0.39, 0.29) is 0 Å². The number of aryl methyl sites for hydroxylation is 2. The Morgan fingerprint density at radius 2 is 0.618 bits per heavy atom. The van der Waals surface area contributed by atoms with Gasteiger partial charge in [0.2, 0.25) is 0 Å². The minimum absolute atomic E-state index is 0.548. The Morgan fingerprint density at radius 1 is 0.235 bits per heavy atom. The van der Waals surface area contributed by atoms with Crippen molar-refractivity contribution in [3.63, 3.8) is 0 Å². The molecule has 0 spiro atoms. The molecule has 0 fully saturated rings. The van der Waals surface area contributed by atoms with Crippen molar-refractivity contribution in [1.29, 1.82) is 0 Å². The van der Waals surface area contributed by atoms with Gasteiger partial charge in [-0.05, 0) is 72.0 Å². The van der Waals surface area contributed by atoms with Gasteiger partial charge in [-0.15, -0.1) is 0 Å². The molecule has 0 saturated heterocycles. The Hall–Kier alpha value is -9.21. The van der Waals surface area contributed by atoms with Crippen molar-refractivity contribution in [1.82, 2.24) is 44.9 Å². The number of nitrogens with zero attached hydrogens (tertiary/aromatic N) is 9. The van der Waals surface area contributed by atoms with Crippen LogP contribution in [0.15, 0.2) is 213 Å². The molecular weight excluding hydrogens is 835 g/mol. The molecule has 0 bridgehead atoms. The van der Waals surface area contributed by atoms with Gasteiger partial charge in [0, 0.05) is 68.3 Å². The molecule has 0 aliphatic heterocycles. The molecule has 0 N–H and O–H groups in total. The zero-order valence-electron chi connectivity index (χ0n) is 37.2. The molecule has 0 unspecified atom stereocenters. The minimum Gasteiger partial charge on any atom is -0.264 e. The van der Waals surface area contributed by atoms with Crippen LogP contribution >= 0.6 is 0 Å². The zero-order chi connectivity index (χ0) is 45.8. The van der Waals surface area contributed by atoms with Crippen LogP contribution in [0.5, 0.6) is 0 Å². The molecule has 11 rings (SSSR count). The van der Waals surface area contributed by atoms with Gasteiger partial charge in [-0.1, -0.05) is 170 Å². The number of hydrogen-bond acceptors (Lipinski definition) is 9. The van der Waals surface area contributed by atoms with Gasteiger partial charge < -0.3 is 0 Å². The number of hydrogen-bond donors (Lipinski definition) is 0. The quantitative estimate of drug-likeness (QED) is 0.132. The third-order valence-corrected chi connectivity index (χ3v) is 11.6. The number of rotatable bonds is 10. The molecule has 0 saturated carbocycles. The summed E-state index contributed by atoms with van der Waals surface area (Å²) in [7, 11) is 0. The van der Waals surface area contributed by atoms with Crippen molar-refractivity contribution < 1.29 is 0 Å². The summed E-state index contributed by atoms with van der Waals surface area (Å²) in [5.41, 5.74) is 13.9. The lowest BCUT2D eigenvalue weighted by atomic mass is 9.91. The van der Waals surface area contributed by atoms with Gasteiger partial charge in [0.1, 0.15) is 0 Å². The summed E-state index contributed by atoms with van der Waals surface area (Å²) in [6.45, 7) is 4.00. The highest BCUT2D eigenvalue weighted by molar-refractivity contribution is 5.89. The lowest BCUT2D eigenvalue weighted by Crippen LogP contribution is -2.01. The van der Waals surface area contributed by atoms with E-state index in [9.17, 15) is 0 Å². The van der Waals surface area contributed by atoms with Crippen LogP contribution in [0.4, 0.5) is 0 Å². The molecule has 0 amide bonds. The Kier molecular flexibility index (Phi) is 11.2. The van der Waals surface area contributed by atoms with E-state index in [2.05, 4.69) is 83.8 Å². The van der Waals surface area contributed by atoms with Gasteiger partial charge in [0.15, 0.2) is 40.8 Å². The summed E-state index contributed by atoms with van der Waals surface area (Å²) < 4.78 is 0. The van der Waals surface area contributed by atoms with E-state index >= 15 is 0 Å². The Morgan fingerprint density at radius 3 is 1.13 bits per heavy atom. The zero-order valence-corrected chi connectivity index (χ0v) is 37.2. The first-order valence-electron chi connectivity index (χ1n) is 22.4. The molecule has 68 heavy (non-hydrogen) atoms. The third-order valence-electron chi connectivity index (χ3n) is 11.6. The highest BCUT2D eigenvalue weighted by atomic mass is 15.0. The van der Waals surface area contributed by atoms with Crippen LogP contribution in [0.25, 0.3) is 113 Å². The van der Waals surface area contributed by atoms with Gasteiger partial charge >= 0.3 is 0 Å². The van der Waals surface area contributed by atoms with Crippen molar-refractivity contribution in [2.75, 3.05) is 0 Å². The van der Waals surface area contributed by atoms with Crippen LogP contribution in [0.3, 0.4) is 0 Å². The molecule has 0 aliphatic rings. The van der Waals surface area contributed by atoms with Crippen molar-refractivity contribution in [3.05, 3.63) is 224 Å². The van der Waals surface area contributed by atoms with Crippen LogP contribution in [0.1, 0.15) is 11.4 Å². The largest absolute Gasteiger partial charge is 0.264 e. The standard InChI is InChI=1S/C59H41N9/c1-38-33-39(2)62-56(61-38)47-30-31-50(43-23-14-25-45(34-43)57-64-53(40-17-6-3-7-18-40)63-54(65-57)41-19-8-4-9-20-41)52(36-47)44-24-15-26-46(35-44)58-66-55(42-21-10-5-11-22-42)67-59(68-58)51-29-13-12-28-49(51)48-27-16-32-60-37-48/h3-37H,1-2H3. The average molecular weight is 876 g/mol. The van der Waals surface area contributed by atoms with Crippen LogP contribution in [0.2, 0.25) is 0 Å². The van der Waals surface area contributed by atoms with E-state index in [1.807, 2.05) is 141 Å². The van der Waals surface area contributed by atoms with E-state index in [1.165, 1.54) is 0 Å². The Labute approximate surface area is 394 Å². The third kappa shape index (κ3) is 8.67. The molecule has 7 aromatic carbocycles. The SMILES string of the molecule is Cc1cc(C)nc(-c2ccc(-c3cccc(-c4nc(-c5ccccc5)nc(-c5ccccc5)n4)c3)c(-c3cccc(-c4nc(-c5ccccc5)nc(-c5ccccc5-c5cccnc5)n4)c3)c2)n1. The number of pyridine rings is 1. The predicted octanol–water partition coefficient (Wildman–Crippen LogP) is 13.5. The Bertz CT molecular complexity index is 3510. The van der Waals surface area contributed by atoms with Gasteiger partial charge in [-0.3, -0.25) is 4.98 Å². The topological polar surface area (TPSA) is 116 Å². The summed E-state index contributed by atoms with van der Waals surface area (Å²) in [6, 6.07) is 67.4. The first kappa shape index (κ1) is 41.5. The van der Waals surface area contributed by atoms with E-state index < -0.39 is 0 Å². The van der Waals surface area contributed by atoms with E-state index in [0.717, 1.165) is 83.7 Å². The first-order valence-corrected chi connectivity index (χ1v) is 22.4. The van der Waals surface area contributed by atoms with E-state index in [1.54, 1.807) is 6.20 Å². The van der Waals surface area contributed by atoms with Crippen LogP contribution in [-0.4, -0.2) is 44.9 Å². The highest BCUT2D eigenvalue weighted by Crippen LogP contribution is 2.39. The molecule has 9 nitrogen and oxygen atoms in total. The molecule has 9 heteroatoms. The summed E-state index contributed by atoms with van der Waals surface area (Å²) >= 11 is 0.